The topological polar surface area (TPSA) is 3.24 Å². The fourth-order valence-corrected chi connectivity index (χ4v) is 2.13. The van der Waals surface area contributed by atoms with E-state index in [4.69, 9.17) is 11.6 Å². The first-order valence-electron chi connectivity index (χ1n) is 4.89. The fraction of sp³-hybridized carbons (Fsp3) is 1.00. The van der Waals surface area contributed by atoms with E-state index >= 15 is 0 Å². The van der Waals surface area contributed by atoms with Crippen molar-refractivity contribution in [3.8, 4) is 0 Å². The van der Waals surface area contributed by atoms with E-state index in [9.17, 15) is 13.2 Å². The molecule has 0 aliphatic carbocycles. The Kier molecular flexibility index (Phi) is 4.51. The van der Waals surface area contributed by atoms with Crippen molar-refractivity contribution in [2.45, 2.75) is 37.9 Å². The first kappa shape index (κ1) is 12.1. The van der Waals surface area contributed by atoms with Crippen molar-refractivity contribution in [2.24, 2.45) is 0 Å². The van der Waals surface area contributed by atoms with Gasteiger partial charge in [-0.25, -0.2) is 0 Å². The lowest BCUT2D eigenvalue weighted by molar-refractivity contribution is -0.147. The Hall–Kier alpha value is 0.0400. The van der Waals surface area contributed by atoms with Crippen LogP contribution in [0.1, 0.15) is 25.7 Å². The van der Waals surface area contributed by atoms with Gasteiger partial charge in [0.05, 0.1) is 6.54 Å². The molecule has 0 aromatic heterocycles. The Labute approximate surface area is 87.2 Å². The van der Waals surface area contributed by atoms with Crippen molar-refractivity contribution < 1.29 is 13.2 Å². The summed E-state index contributed by atoms with van der Waals surface area (Å²) < 4.78 is 36.4. The molecule has 1 rings (SSSR count). The van der Waals surface area contributed by atoms with Crippen LogP contribution in [-0.4, -0.2) is 36.1 Å². The number of nitrogens with zero attached hydrogens (tertiary/aromatic N) is 1. The summed E-state index contributed by atoms with van der Waals surface area (Å²) in [5.74, 6) is 0.538. The molecule has 0 amide bonds. The van der Waals surface area contributed by atoms with Gasteiger partial charge in [-0.1, -0.05) is 0 Å². The minimum atomic E-state index is -4.07. The molecule has 0 bridgehead atoms. The number of hydrogen-bond donors (Lipinski definition) is 0. The van der Waals surface area contributed by atoms with Crippen molar-refractivity contribution in [1.29, 1.82) is 0 Å². The quantitative estimate of drug-likeness (QED) is 0.670. The predicted octanol–water partition coefficient (Wildman–Crippen LogP) is 3.03. The minimum absolute atomic E-state index is 0.0929. The van der Waals surface area contributed by atoms with E-state index in [1.807, 2.05) is 0 Å². The summed E-state index contributed by atoms with van der Waals surface area (Å²) >= 11 is 5.52. The molecule has 1 aliphatic heterocycles. The minimum Gasteiger partial charge on any atom is -0.292 e. The van der Waals surface area contributed by atoms with Gasteiger partial charge in [-0.05, 0) is 32.2 Å². The van der Waals surface area contributed by atoms with Gasteiger partial charge in [0.2, 0.25) is 0 Å². The van der Waals surface area contributed by atoms with E-state index < -0.39 is 12.7 Å². The summed E-state index contributed by atoms with van der Waals surface area (Å²) in [4.78, 5) is 1.53. The summed E-state index contributed by atoms with van der Waals surface area (Å²) in [6, 6.07) is 0.0929. The Morgan fingerprint density at radius 2 is 2.07 bits per heavy atom. The SMILES string of the molecule is FC(F)(F)CN1CCCC1CCCCl. The predicted molar refractivity (Wildman–Crippen MR) is 50.6 cm³/mol. The average Bonchev–Trinajstić information content (AvgIpc) is 2.45. The van der Waals surface area contributed by atoms with Crippen molar-refractivity contribution in [3.05, 3.63) is 0 Å². The van der Waals surface area contributed by atoms with Gasteiger partial charge in [0.1, 0.15) is 0 Å². The molecule has 0 N–H and O–H groups in total. The Morgan fingerprint density at radius 1 is 1.36 bits per heavy atom. The standard InChI is InChI=1S/C9H15ClF3N/c10-5-1-3-8-4-2-6-14(8)7-9(11,12)13/h8H,1-7H2. The molecule has 84 valence electrons. The molecule has 1 heterocycles. The lowest BCUT2D eigenvalue weighted by atomic mass is 10.1. The summed E-state index contributed by atoms with van der Waals surface area (Å²) in [7, 11) is 0. The van der Waals surface area contributed by atoms with Crippen molar-refractivity contribution >= 4 is 11.6 Å². The van der Waals surface area contributed by atoms with Crippen molar-refractivity contribution in [1.82, 2.24) is 4.90 Å². The van der Waals surface area contributed by atoms with Crippen molar-refractivity contribution in [2.75, 3.05) is 19.0 Å². The zero-order valence-electron chi connectivity index (χ0n) is 7.99. The van der Waals surface area contributed by atoms with Gasteiger partial charge < -0.3 is 0 Å². The third kappa shape index (κ3) is 4.05. The van der Waals surface area contributed by atoms with Gasteiger partial charge in [-0.3, -0.25) is 4.90 Å². The molecule has 0 saturated carbocycles. The summed E-state index contributed by atoms with van der Waals surface area (Å²) in [6.45, 7) is -0.188. The molecule has 14 heavy (non-hydrogen) atoms. The van der Waals surface area contributed by atoms with Gasteiger partial charge >= 0.3 is 6.18 Å². The largest absolute Gasteiger partial charge is 0.401 e. The molecule has 0 radical (unpaired) electrons. The second kappa shape index (κ2) is 5.21. The average molecular weight is 230 g/mol. The summed E-state index contributed by atoms with van der Waals surface area (Å²) in [6.07, 6.45) is -0.709. The van der Waals surface area contributed by atoms with Crippen LogP contribution < -0.4 is 0 Å². The highest BCUT2D eigenvalue weighted by molar-refractivity contribution is 6.17. The van der Waals surface area contributed by atoms with E-state index in [1.54, 1.807) is 0 Å². The Bertz CT molecular complexity index is 172. The van der Waals surface area contributed by atoms with Gasteiger partial charge in [-0.2, -0.15) is 13.2 Å². The lowest BCUT2D eigenvalue weighted by Gasteiger charge is -2.25. The maximum Gasteiger partial charge on any atom is 0.401 e. The van der Waals surface area contributed by atoms with Crippen LogP contribution in [0.15, 0.2) is 0 Å². The van der Waals surface area contributed by atoms with E-state index in [1.165, 1.54) is 4.90 Å². The molecule has 1 aliphatic rings. The van der Waals surface area contributed by atoms with Crippen LogP contribution in [0.25, 0.3) is 0 Å². The maximum absolute atomic E-state index is 12.1. The molecule has 1 atom stereocenters. The molecule has 1 nitrogen and oxygen atoms in total. The second-order valence-electron chi connectivity index (χ2n) is 3.71. The highest BCUT2D eigenvalue weighted by Crippen LogP contribution is 2.26. The molecule has 0 aromatic rings. The summed E-state index contributed by atoms with van der Waals surface area (Å²) in [5, 5.41) is 0. The zero-order valence-corrected chi connectivity index (χ0v) is 8.74. The number of alkyl halides is 4. The van der Waals surface area contributed by atoms with Crippen LogP contribution in [0.3, 0.4) is 0 Å². The maximum atomic E-state index is 12.1. The number of hydrogen-bond acceptors (Lipinski definition) is 1. The highest BCUT2D eigenvalue weighted by atomic mass is 35.5. The fourth-order valence-electron chi connectivity index (χ4n) is 1.97. The highest BCUT2D eigenvalue weighted by Gasteiger charge is 2.35. The zero-order chi connectivity index (χ0) is 10.6. The third-order valence-corrected chi connectivity index (χ3v) is 2.82. The molecule has 0 aromatic carbocycles. The first-order valence-corrected chi connectivity index (χ1v) is 5.43. The molecule has 1 fully saturated rings. The van der Waals surface area contributed by atoms with Gasteiger partial charge in [0.25, 0.3) is 0 Å². The van der Waals surface area contributed by atoms with Crippen LogP contribution in [0.4, 0.5) is 13.2 Å². The van der Waals surface area contributed by atoms with Gasteiger partial charge in [-0.15, -0.1) is 11.6 Å². The van der Waals surface area contributed by atoms with Crippen LogP contribution in [0.2, 0.25) is 0 Å². The molecule has 5 heteroatoms. The number of halogens is 4. The first-order chi connectivity index (χ1) is 6.53. The normalized spacial score (nSPS) is 24.4. The van der Waals surface area contributed by atoms with Gasteiger partial charge in [0.15, 0.2) is 0 Å². The summed E-state index contributed by atoms with van der Waals surface area (Å²) in [5.41, 5.74) is 0. The van der Waals surface area contributed by atoms with Crippen LogP contribution in [0.5, 0.6) is 0 Å². The van der Waals surface area contributed by atoms with Crippen LogP contribution in [-0.2, 0) is 0 Å². The third-order valence-electron chi connectivity index (χ3n) is 2.55. The lowest BCUT2D eigenvalue weighted by Crippen LogP contribution is -2.37. The molecule has 1 unspecified atom stereocenters. The molecule has 0 spiro atoms. The second-order valence-corrected chi connectivity index (χ2v) is 4.09. The van der Waals surface area contributed by atoms with E-state index in [0.717, 1.165) is 25.7 Å². The van der Waals surface area contributed by atoms with Crippen molar-refractivity contribution in [3.63, 3.8) is 0 Å². The number of likely N-dealkylation sites (tertiary alicyclic amines) is 1. The number of rotatable bonds is 4. The molecular weight excluding hydrogens is 215 g/mol. The Balaban J connectivity index is 2.35. The van der Waals surface area contributed by atoms with E-state index in [2.05, 4.69) is 0 Å². The molecule has 1 saturated heterocycles. The Morgan fingerprint density at radius 3 is 2.64 bits per heavy atom. The molecular formula is C9H15ClF3N. The van der Waals surface area contributed by atoms with E-state index in [0.29, 0.717) is 12.4 Å². The van der Waals surface area contributed by atoms with Gasteiger partial charge in [0, 0.05) is 11.9 Å². The van der Waals surface area contributed by atoms with E-state index in [-0.39, 0.29) is 6.04 Å². The van der Waals surface area contributed by atoms with Crippen LogP contribution >= 0.6 is 11.6 Å². The monoisotopic (exact) mass is 229 g/mol. The van der Waals surface area contributed by atoms with Crippen LogP contribution in [0, 0.1) is 0 Å². The smallest absolute Gasteiger partial charge is 0.292 e.